The van der Waals surface area contributed by atoms with Crippen molar-refractivity contribution < 1.29 is 4.79 Å². The molecule has 7 nitrogen and oxygen atoms in total. The summed E-state index contributed by atoms with van der Waals surface area (Å²) in [5.41, 5.74) is 3.45. The van der Waals surface area contributed by atoms with Crippen molar-refractivity contribution in [3.05, 3.63) is 78.1 Å². The number of pyridine rings is 1. The first-order valence-electron chi connectivity index (χ1n) is 10.7. The Morgan fingerprint density at radius 2 is 1.84 bits per heavy atom. The quantitative estimate of drug-likeness (QED) is 0.405. The maximum atomic E-state index is 13.0. The van der Waals surface area contributed by atoms with Crippen LogP contribution >= 0.6 is 0 Å². The molecule has 0 radical (unpaired) electrons. The SMILES string of the molecule is N#CC1(c2ccc(NC(=O)c3cccnc3Nc3ccc4cn[nH]c4c3)cc2)CCCC1. The van der Waals surface area contributed by atoms with Gasteiger partial charge in [0.1, 0.15) is 5.82 Å². The van der Waals surface area contributed by atoms with Crippen LogP contribution in [-0.4, -0.2) is 21.1 Å². The number of nitrogens with one attached hydrogen (secondary N) is 3. The molecule has 7 heteroatoms. The van der Waals surface area contributed by atoms with Gasteiger partial charge >= 0.3 is 0 Å². The van der Waals surface area contributed by atoms with Crippen LogP contribution in [0.15, 0.2) is 67.0 Å². The second kappa shape index (κ2) is 8.16. The van der Waals surface area contributed by atoms with Gasteiger partial charge in [-0.05, 0) is 60.9 Å². The fourth-order valence-electron chi connectivity index (χ4n) is 4.35. The standard InChI is InChI=1S/C25H22N6O/c26-16-25(11-1-2-12-25)18-6-9-19(10-7-18)30-24(32)21-4-3-13-27-23(21)29-20-8-5-17-15-28-31-22(17)14-20/h3-10,13-15H,1-2,11-12H2,(H,27,29)(H,28,31)(H,30,32). The molecule has 3 N–H and O–H groups in total. The van der Waals surface area contributed by atoms with Crippen LogP contribution in [0.5, 0.6) is 0 Å². The van der Waals surface area contributed by atoms with Crippen molar-refractivity contribution in [3.8, 4) is 6.07 Å². The van der Waals surface area contributed by atoms with Gasteiger partial charge in [0.05, 0.1) is 28.8 Å². The van der Waals surface area contributed by atoms with E-state index in [0.717, 1.165) is 47.8 Å². The van der Waals surface area contributed by atoms with Gasteiger partial charge in [0.25, 0.3) is 5.91 Å². The number of carbonyl (C=O) groups excluding carboxylic acids is 1. The zero-order valence-corrected chi connectivity index (χ0v) is 17.4. The summed E-state index contributed by atoms with van der Waals surface area (Å²) in [5.74, 6) is 0.210. The molecule has 4 aromatic rings. The lowest BCUT2D eigenvalue weighted by atomic mass is 9.80. The molecular formula is C25H22N6O. The number of aromatic nitrogens is 3. The molecule has 32 heavy (non-hydrogen) atoms. The monoisotopic (exact) mass is 422 g/mol. The van der Waals surface area contributed by atoms with E-state index in [9.17, 15) is 10.1 Å². The van der Waals surface area contributed by atoms with Crippen LogP contribution in [0.25, 0.3) is 10.9 Å². The Kier molecular flexibility index (Phi) is 5.04. The van der Waals surface area contributed by atoms with Crippen molar-refractivity contribution in [1.29, 1.82) is 5.26 Å². The molecule has 0 aliphatic heterocycles. The molecule has 1 fully saturated rings. The number of hydrogen-bond acceptors (Lipinski definition) is 5. The van der Waals surface area contributed by atoms with Crippen LogP contribution < -0.4 is 10.6 Å². The first kappa shape index (κ1) is 19.8. The van der Waals surface area contributed by atoms with Gasteiger partial charge in [0.15, 0.2) is 0 Å². The van der Waals surface area contributed by atoms with Gasteiger partial charge in [-0.15, -0.1) is 0 Å². The van der Waals surface area contributed by atoms with Crippen molar-refractivity contribution in [2.75, 3.05) is 10.6 Å². The molecule has 2 heterocycles. The van der Waals surface area contributed by atoms with Gasteiger partial charge in [-0.25, -0.2) is 4.98 Å². The first-order chi connectivity index (χ1) is 15.7. The summed E-state index contributed by atoms with van der Waals surface area (Å²) < 4.78 is 0. The molecule has 0 unspecified atom stereocenters. The van der Waals surface area contributed by atoms with Gasteiger partial charge in [0, 0.05) is 23.0 Å². The number of nitriles is 1. The van der Waals surface area contributed by atoms with Crippen LogP contribution in [0.1, 0.15) is 41.6 Å². The molecule has 2 aromatic heterocycles. The van der Waals surface area contributed by atoms with Crippen LogP contribution in [0, 0.1) is 11.3 Å². The van der Waals surface area contributed by atoms with E-state index in [2.05, 4.69) is 31.9 Å². The van der Waals surface area contributed by atoms with Crippen molar-refractivity contribution in [2.45, 2.75) is 31.1 Å². The number of amides is 1. The molecule has 5 rings (SSSR count). The number of carbonyl (C=O) groups is 1. The summed E-state index contributed by atoms with van der Waals surface area (Å²) in [6.45, 7) is 0. The summed E-state index contributed by atoms with van der Waals surface area (Å²) >= 11 is 0. The highest BCUT2D eigenvalue weighted by molar-refractivity contribution is 6.07. The van der Waals surface area contributed by atoms with Crippen molar-refractivity contribution in [1.82, 2.24) is 15.2 Å². The minimum absolute atomic E-state index is 0.258. The maximum Gasteiger partial charge on any atom is 0.259 e. The molecule has 1 aliphatic carbocycles. The summed E-state index contributed by atoms with van der Waals surface area (Å²) in [4.78, 5) is 17.4. The van der Waals surface area contributed by atoms with E-state index in [1.807, 2.05) is 42.5 Å². The summed E-state index contributed by atoms with van der Waals surface area (Å²) in [7, 11) is 0. The van der Waals surface area contributed by atoms with Gasteiger partial charge in [-0.1, -0.05) is 25.0 Å². The van der Waals surface area contributed by atoms with E-state index in [-0.39, 0.29) is 5.91 Å². The van der Waals surface area contributed by atoms with E-state index in [0.29, 0.717) is 17.1 Å². The molecule has 0 saturated heterocycles. The molecule has 0 spiro atoms. The Morgan fingerprint density at radius 1 is 1.06 bits per heavy atom. The van der Waals surface area contributed by atoms with E-state index in [1.54, 1.807) is 24.5 Å². The molecule has 2 aromatic carbocycles. The van der Waals surface area contributed by atoms with Crippen LogP contribution in [0.3, 0.4) is 0 Å². The Balaban J connectivity index is 1.34. The minimum atomic E-state index is -0.390. The fourth-order valence-corrected chi connectivity index (χ4v) is 4.35. The Labute approximate surface area is 185 Å². The minimum Gasteiger partial charge on any atom is -0.340 e. The number of rotatable bonds is 5. The average Bonchev–Trinajstić information content (AvgIpc) is 3.50. The number of aromatic amines is 1. The van der Waals surface area contributed by atoms with Gasteiger partial charge in [-0.2, -0.15) is 10.4 Å². The zero-order valence-electron chi connectivity index (χ0n) is 17.4. The first-order valence-corrected chi connectivity index (χ1v) is 10.7. The summed E-state index contributed by atoms with van der Waals surface area (Å²) in [6.07, 6.45) is 7.35. The van der Waals surface area contributed by atoms with E-state index < -0.39 is 5.41 Å². The predicted octanol–water partition coefficient (Wildman–Crippen LogP) is 5.29. The number of H-pyrrole nitrogens is 1. The third-order valence-corrected chi connectivity index (χ3v) is 6.12. The molecule has 0 atom stereocenters. The Hall–Kier alpha value is -4.18. The Morgan fingerprint density at radius 3 is 2.62 bits per heavy atom. The Bertz CT molecular complexity index is 1310. The van der Waals surface area contributed by atoms with E-state index in [1.165, 1.54) is 0 Å². The second-order valence-electron chi connectivity index (χ2n) is 8.13. The molecule has 158 valence electrons. The van der Waals surface area contributed by atoms with Gasteiger partial charge < -0.3 is 10.6 Å². The molecule has 1 amide bonds. The van der Waals surface area contributed by atoms with Gasteiger partial charge in [-0.3, -0.25) is 9.89 Å². The zero-order chi connectivity index (χ0) is 22.0. The number of hydrogen-bond donors (Lipinski definition) is 3. The third kappa shape index (κ3) is 3.67. The predicted molar refractivity (Wildman–Crippen MR) is 124 cm³/mol. The highest BCUT2D eigenvalue weighted by Gasteiger charge is 2.35. The summed E-state index contributed by atoms with van der Waals surface area (Å²) in [6, 6.07) is 19.4. The molecule has 1 saturated carbocycles. The molecule has 0 bridgehead atoms. The number of anilines is 3. The lowest BCUT2D eigenvalue weighted by Gasteiger charge is -2.21. The normalized spacial score (nSPS) is 14.7. The van der Waals surface area contributed by atoms with Gasteiger partial charge in [0.2, 0.25) is 0 Å². The summed E-state index contributed by atoms with van der Waals surface area (Å²) in [5, 5.41) is 23.8. The van der Waals surface area contributed by atoms with Crippen LogP contribution in [0.2, 0.25) is 0 Å². The van der Waals surface area contributed by atoms with Crippen molar-refractivity contribution in [3.63, 3.8) is 0 Å². The van der Waals surface area contributed by atoms with Crippen LogP contribution in [0.4, 0.5) is 17.2 Å². The largest absolute Gasteiger partial charge is 0.340 e. The third-order valence-electron chi connectivity index (χ3n) is 6.12. The van der Waals surface area contributed by atoms with Crippen LogP contribution in [-0.2, 0) is 5.41 Å². The topological polar surface area (TPSA) is 106 Å². The average molecular weight is 422 g/mol. The molecular weight excluding hydrogens is 400 g/mol. The number of nitrogens with zero attached hydrogens (tertiary/aromatic N) is 3. The van der Waals surface area contributed by atoms with Crippen molar-refractivity contribution >= 4 is 34.0 Å². The van der Waals surface area contributed by atoms with Crippen molar-refractivity contribution in [2.24, 2.45) is 0 Å². The highest BCUT2D eigenvalue weighted by atomic mass is 16.1. The van der Waals surface area contributed by atoms with E-state index in [4.69, 9.17) is 0 Å². The maximum absolute atomic E-state index is 13.0. The number of benzene rings is 2. The number of fused-ring (bicyclic) bond motifs is 1. The second-order valence-corrected chi connectivity index (χ2v) is 8.13. The lowest BCUT2D eigenvalue weighted by molar-refractivity contribution is 0.102. The lowest BCUT2D eigenvalue weighted by Crippen LogP contribution is -2.19. The smallest absolute Gasteiger partial charge is 0.259 e. The fraction of sp³-hybridized carbons (Fsp3) is 0.200. The van der Waals surface area contributed by atoms with E-state index >= 15 is 0 Å². The molecule has 1 aliphatic rings. The highest BCUT2D eigenvalue weighted by Crippen LogP contribution is 2.40.